The number of aromatic nitrogens is 4. The zero-order valence-electron chi connectivity index (χ0n) is 23.6. The predicted octanol–water partition coefficient (Wildman–Crippen LogP) is 4.16. The van der Waals surface area contributed by atoms with Crippen LogP contribution in [0.4, 0.5) is 27.1 Å². The Morgan fingerprint density at radius 1 is 1.31 bits per heavy atom. The van der Waals surface area contributed by atoms with Gasteiger partial charge in [0.15, 0.2) is 0 Å². The number of hydrogen-bond donors (Lipinski definition) is 2. The molecule has 3 aliphatic rings. The van der Waals surface area contributed by atoms with Crippen molar-refractivity contribution in [2.75, 3.05) is 61.1 Å². The fourth-order valence-corrected chi connectivity index (χ4v) is 7.93. The molecule has 0 amide bonds. The van der Waals surface area contributed by atoms with Crippen LogP contribution in [0.1, 0.15) is 61.3 Å². The van der Waals surface area contributed by atoms with Crippen LogP contribution in [0.15, 0.2) is 18.3 Å². The Morgan fingerprint density at radius 2 is 2.14 bits per heavy atom. The Morgan fingerprint density at radius 3 is 2.93 bits per heavy atom. The highest BCUT2D eigenvalue weighted by molar-refractivity contribution is 7.20. The molecule has 3 aromatic rings. The highest BCUT2D eigenvalue weighted by Gasteiger charge is 2.49. The zero-order chi connectivity index (χ0) is 29.6. The molecular weight excluding hydrogens is 579 g/mol. The molecule has 3 saturated heterocycles. The normalized spacial score (nSPS) is 24.5. The molecule has 0 saturated carbocycles. The number of alkyl halides is 1. The van der Waals surface area contributed by atoms with Crippen molar-refractivity contribution in [2.24, 2.45) is 0 Å². The van der Waals surface area contributed by atoms with Gasteiger partial charge in [0.25, 0.3) is 0 Å². The first kappa shape index (κ1) is 28.6. The maximum Gasteiger partial charge on any atom is 0.323 e. The molecule has 6 heterocycles. The minimum atomic E-state index is -0.854. The van der Waals surface area contributed by atoms with E-state index in [9.17, 15) is 9.65 Å². The molecule has 0 spiro atoms. The molecule has 1 unspecified atom stereocenters. The van der Waals surface area contributed by atoms with Gasteiger partial charge in [-0.3, -0.25) is 4.90 Å². The van der Waals surface area contributed by atoms with E-state index in [0.717, 1.165) is 36.9 Å². The van der Waals surface area contributed by atoms with Gasteiger partial charge in [-0.1, -0.05) is 17.7 Å². The van der Waals surface area contributed by atoms with Crippen LogP contribution in [0.5, 0.6) is 6.01 Å². The lowest BCUT2D eigenvalue weighted by Crippen LogP contribution is -2.43. The van der Waals surface area contributed by atoms with Crippen LogP contribution in [0, 0.1) is 11.3 Å². The van der Waals surface area contributed by atoms with E-state index in [0.29, 0.717) is 65.3 Å². The average Bonchev–Trinajstić information content (AvgIpc) is 3.73. The number of thiophene rings is 1. The van der Waals surface area contributed by atoms with Gasteiger partial charge in [0.2, 0.25) is 11.9 Å². The third kappa shape index (κ3) is 5.16. The molecule has 4 atom stereocenters. The molecule has 14 heteroatoms. The summed E-state index contributed by atoms with van der Waals surface area (Å²) in [6, 6.07) is 5.99. The highest BCUT2D eigenvalue weighted by Crippen LogP contribution is 2.43. The van der Waals surface area contributed by atoms with Crippen molar-refractivity contribution in [3.63, 3.8) is 0 Å². The number of nitrogen functional groups attached to an aromatic ring is 2. The molecule has 6 rings (SSSR count). The van der Waals surface area contributed by atoms with Crippen LogP contribution < -0.4 is 26.0 Å². The molecule has 3 aliphatic heterocycles. The van der Waals surface area contributed by atoms with Crippen molar-refractivity contribution in [3.05, 3.63) is 39.4 Å². The maximum atomic E-state index is 14.4. The number of fused-ring (bicyclic) bond motifs is 1. The summed E-state index contributed by atoms with van der Waals surface area (Å²) in [6.07, 6.45) is 3.92. The molecule has 11 nitrogen and oxygen atoms in total. The second-order valence-corrected chi connectivity index (χ2v) is 13.1. The molecular formula is C28H34ClFN10OS. The topological polar surface area (TPSA) is 146 Å². The number of nitrogens with two attached hydrogens (primary N) is 2. The van der Waals surface area contributed by atoms with Crippen LogP contribution in [0.3, 0.4) is 0 Å². The maximum absolute atomic E-state index is 14.4. The fourth-order valence-electron chi connectivity index (χ4n) is 6.60. The van der Waals surface area contributed by atoms with Crippen molar-refractivity contribution in [1.29, 1.82) is 5.26 Å². The Bertz CT molecular complexity index is 1520. The molecule has 0 bridgehead atoms. The molecule has 0 aliphatic carbocycles. The Kier molecular flexibility index (Phi) is 7.72. The van der Waals surface area contributed by atoms with Crippen LogP contribution in [-0.2, 0) is 0 Å². The summed E-state index contributed by atoms with van der Waals surface area (Å²) in [7, 11) is 1.89. The number of anilines is 4. The van der Waals surface area contributed by atoms with Gasteiger partial charge in [-0.15, -0.1) is 11.3 Å². The third-order valence-corrected chi connectivity index (χ3v) is 10.2. The summed E-state index contributed by atoms with van der Waals surface area (Å²) in [6.45, 7) is 4.84. The molecule has 3 fully saturated rings. The molecule has 3 aromatic heterocycles. The van der Waals surface area contributed by atoms with E-state index in [1.807, 2.05) is 31.0 Å². The van der Waals surface area contributed by atoms with E-state index >= 15 is 0 Å². The van der Waals surface area contributed by atoms with Crippen LogP contribution in [-0.4, -0.2) is 76.4 Å². The number of nitriles is 1. The number of halogens is 2. The van der Waals surface area contributed by atoms with Crippen LogP contribution >= 0.6 is 22.9 Å². The molecule has 222 valence electrons. The summed E-state index contributed by atoms with van der Waals surface area (Å²) in [4.78, 5) is 24.7. The lowest BCUT2D eigenvalue weighted by Gasteiger charge is -2.31. The zero-order valence-corrected chi connectivity index (χ0v) is 25.2. The first-order chi connectivity index (χ1) is 20.2. The van der Waals surface area contributed by atoms with Gasteiger partial charge in [-0.2, -0.15) is 20.2 Å². The molecule has 4 N–H and O–H groups in total. The largest absolute Gasteiger partial charge is 0.461 e. The summed E-state index contributed by atoms with van der Waals surface area (Å²) in [5.41, 5.74) is 14.0. The van der Waals surface area contributed by atoms with Gasteiger partial charge < -0.3 is 26.0 Å². The van der Waals surface area contributed by atoms with Crippen molar-refractivity contribution >= 4 is 45.7 Å². The SMILES string of the molecule is C[C@H](c1cccnc1N)N(C)c1nc(OC[C@@]23CCCN2C[C@H](F)C3)nc(N2CCC(c3c(Cl)sc(N)c3C#N)C2)n1. The molecule has 42 heavy (non-hydrogen) atoms. The van der Waals surface area contributed by atoms with E-state index in [1.54, 1.807) is 6.20 Å². The second kappa shape index (κ2) is 11.3. The smallest absolute Gasteiger partial charge is 0.323 e. The van der Waals surface area contributed by atoms with Gasteiger partial charge in [0.1, 0.15) is 29.7 Å². The van der Waals surface area contributed by atoms with E-state index < -0.39 is 6.17 Å². The lowest BCUT2D eigenvalue weighted by molar-refractivity contribution is 0.107. The van der Waals surface area contributed by atoms with Crippen molar-refractivity contribution in [2.45, 2.75) is 56.3 Å². The standard InChI is InChI=1S/C28H34ClFN10OS/c1-16(19-5-3-8-34-23(19)32)38(2)25-35-26(39-10-6-17(13-39)21-20(12-31)24(33)42-22(21)29)37-27(36-25)41-15-28-7-4-9-40(28)14-18(30)11-28/h3,5,8,16-18H,4,6-7,9-11,13-15,33H2,1-2H3,(H2,32,34)/t16-,17?,18-,28+/m1/s1. The van der Waals surface area contributed by atoms with Crippen LogP contribution in [0.25, 0.3) is 0 Å². The Balaban J connectivity index is 1.30. The van der Waals surface area contributed by atoms with Crippen molar-refractivity contribution < 1.29 is 9.13 Å². The average molecular weight is 613 g/mol. The predicted molar refractivity (Wildman–Crippen MR) is 162 cm³/mol. The monoisotopic (exact) mass is 612 g/mol. The number of ether oxygens (including phenoxy) is 1. The first-order valence-corrected chi connectivity index (χ1v) is 15.3. The second-order valence-electron chi connectivity index (χ2n) is 11.4. The number of pyridine rings is 1. The summed E-state index contributed by atoms with van der Waals surface area (Å²) in [5, 5.41) is 10.1. The summed E-state index contributed by atoms with van der Waals surface area (Å²) >= 11 is 7.74. The first-order valence-electron chi connectivity index (χ1n) is 14.1. The summed E-state index contributed by atoms with van der Waals surface area (Å²) in [5.74, 6) is 1.32. The highest BCUT2D eigenvalue weighted by atomic mass is 35.5. The number of hydrogen-bond acceptors (Lipinski definition) is 12. The van der Waals surface area contributed by atoms with E-state index in [-0.39, 0.29) is 23.5 Å². The van der Waals surface area contributed by atoms with Gasteiger partial charge >= 0.3 is 6.01 Å². The van der Waals surface area contributed by atoms with Gasteiger partial charge in [0.05, 0.1) is 21.5 Å². The fraction of sp³-hybridized carbons (Fsp3) is 0.536. The van der Waals surface area contributed by atoms with Crippen molar-refractivity contribution in [1.82, 2.24) is 24.8 Å². The third-order valence-electron chi connectivity index (χ3n) is 8.96. The van der Waals surface area contributed by atoms with Crippen molar-refractivity contribution in [3.8, 4) is 12.1 Å². The number of nitrogens with zero attached hydrogens (tertiary/aromatic N) is 8. The quantitative estimate of drug-likeness (QED) is 0.378. The van der Waals surface area contributed by atoms with Gasteiger partial charge in [-0.25, -0.2) is 9.37 Å². The summed E-state index contributed by atoms with van der Waals surface area (Å²) < 4.78 is 21.2. The lowest BCUT2D eigenvalue weighted by atomic mass is 9.95. The van der Waals surface area contributed by atoms with Crippen LogP contribution in [0.2, 0.25) is 4.34 Å². The van der Waals surface area contributed by atoms with E-state index in [2.05, 4.69) is 20.9 Å². The van der Waals surface area contributed by atoms with Gasteiger partial charge in [0, 0.05) is 56.3 Å². The minimum absolute atomic E-state index is 0.00282. The minimum Gasteiger partial charge on any atom is -0.461 e. The number of rotatable bonds is 8. The van der Waals surface area contributed by atoms with E-state index in [1.165, 1.54) is 11.3 Å². The van der Waals surface area contributed by atoms with E-state index in [4.69, 9.17) is 42.8 Å². The Hall–Kier alpha value is -3.47. The molecule has 0 radical (unpaired) electrons. The Labute approximate surface area is 253 Å². The van der Waals surface area contributed by atoms with Gasteiger partial charge in [-0.05, 0) is 38.8 Å². The molecule has 0 aromatic carbocycles.